The first-order valence-electron chi connectivity index (χ1n) is 6.43. The molecule has 5 heteroatoms. The third-order valence-corrected chi connectivity index (χ3v) is 3.71. The van der Waals surface area contributed by atoms with Gasteiger partial charge in [0.15, 0.2) is 0 Å². The number of halogens is 2. The first kappa shape index (κ1) is 12.7. The van der Waals surface area contributed by atoms with Gasteiger partial charge in [0.2, 0.25) is 5.91 Å². The number of carbonyl (C=O) groups is 1. The standard InChI is InChI=1S/C12H20F2N2O/c13-12(14)3-6-16(7-4-12)11(17)8-10-2-1-5-15-9-10/h10,15H,1-9H2. The quantitative estimate of drug-likeness (QED) is 0.803. The van der Waals surface area contributed by atoms with E-state index in [9.17, 15) is 13.6 Å². The van der Waals surface area contributed by atoms with Gasteiger partial charge in [0.05, 0.1) is 0 Å². The van der Waals surface area contributed by atoms with Crippen LogP contribution in [0.25, 0.3) is 0 Å². The van der Waals surface area contributed by atoms with Gasteiger partial charge in [0, 0.05) is 32.4 Å². The van der Waals surface area contributed by atoms with E-state index in [1.807, 2.05) is 0 Å². The molecule has 17 heavy (non-hydrogen) atoms. The average molecular weight is 246 g/mol. The molecular formula is C12H20F2N2O. The van der Waals surface area contributed by atoms with Crippen LogP contribution in [0, 0.1) is 5.92 Å². The molecule has 2 fully saturated rings. The molecule has 3 nitrogen and oxygen atoms in total. The molecule has 2 rings (SSSR count). The van der Waals surface area contributed by atoms with Gasteiger partial charge >= 0.3 is 0 Å². The third kappa shape index (κ3) is 3.63. The van der Waals surface area contributed by atoms with Gasteiger partial charge in [-0.15, -0.1) is 0 Å². The van der Waals surface area contributed by atoms with Crippen LogP contribution in [0.1, 0.15) is 32.1 Å². The van der Waals surface area contributed by atoms with Crippen molar-refractivity contribution in [3.8, 4) is 0 Å². The molecule has 1 N–H and O–H groups in total. The molecule has 0 bridgehead atoms. The molecule has 1 amide bonds. The van der Waals surface area contributed by atoms with E-state index in [1.54, 1.807) is 4.90 Å². The van der Waals surface area contributed by atoms with E-state index >= 15 is 0 Å². The summed E-state index contributed by atoms with van der Waals surface area (Å²) >= 11 is 0. The number of hydrogen-bond acceptors (Lipinski definition) is 2. The molecule has 1 unspecified atom stereocenters. The molecule has 0 spiro atoms. The second-order valence-corrected chi connectivity index (χ2v) is 5.15. The maximum atomic E-state index is 13.0. The van der Waals surface area contributed by atoms with Gasteiger partial charge in [0.1, 0.15) is 0 Å². The Morgan fingerprint density at radius 1 is 1.35 bits per heavy atom. The number of piperidine rings is 2. The van der Waals surface area contributed by atoms with Crippen molar-refractivity contribution in [2.75, 3.05) is 26.2 Å². The summed E-state index contributed by atoms with van der Waals surface area (Å²) in [6.45, 7) is 2.34. The Kier molecular flexibility index (Phi) is 3.97. The largest absolute Gasteiger partial charge is 0.342 e. The second-order valence-electron chi connectivity index (χ2n) is 5.15. The molecule has 0 aromatic carbocycles. The van der Waals surface area contributed by atoms with Gasteiger partial charge in [-0.05, 0) is 31.8 Å². The van der Waals surface area contributed by atoms with Crippen molar-refractivity contribution in [3.05, 3.63) is 0 Å². The molecule has 2 heterocycles. The van der Waals surface area contributed by atoms with Crippen LogP contribution >= 0.6 is 0 Å². The number of rotatable bonds is 2. The highest BCUT2D eigenvalue weighted by molar-refractivity contribution is 5.76. The minimum Gasteiger partial charge on any atom is -0.342 e. The number of nitrogens with zero attached hydrogens (tertiary/aromatic N) is 1. The number of nitrogens with one attached hydrogen (secondary N) is 1. The highest BCUT2D eigenvalue weighted by Gasteiger charge is 2.35. The normalized spacial score (nSPS) is 29.1. The predicted molar refractivity (Wildman–Crippen MR) is 61.0 cm³/mol. The number of amides is 1. The fourth-order valence-electron chi connectivity index (χ4n) is 2.56. The lowest BCUT2D eigenvalue weighted by Gasteiger charge is -2.33. The molecule has 2 saturated heterocycles. The van der Waals surface area contributed by atoms with Gasteiger partial charge in [0.25, 0.3) is 5.92 Å². The number of hydrogen-bond donors (Lipinski definition) is 1. The molecule has 2 aliphatic rings. The van der Waals surface area contributed by atoms with Crippen LogP contribution in [0.2, 0.25) is 0 Å². The van der Waals surface area contributed by atoms with E-state index in [0.717, 1.165) is 25.9 Å². The summed E-state index contributed by atoms with van der Waals surface area (Å²) < 4.78 is 25.9. The molecule has 98 valence electrons. The van der Waals surface area contributed by atoms with E-state index in [-0.39, 0.29) is 31.8 Å². The summed E-state index contributed by atoms with van der Waals surface area (Å²) in [4.78, 5) is 13.5. The molecule has 0 aromatic rings. The lowest BCUT2D eigenvalue weighted by atomic mass is 9.95. The Hall–Kier alpha value is -0.710. The average Bonchev–Trinajstić information content (AvgIpc) is 2.30. The fraction of sp³-hybridized carbons (Fsp3) is 0.917. The van der Waals surface area contributed by atoms with Crippen LogP contribution in [0.3, 0.4) is 0 Å². The molecule has 2 aliphatic heterocycles. The van der Waals surface area contributed by atoms with Crippen LogP contribution in [-0.4, -0.2) is 42.9 Å². The summed E-state index contributed by atoms with van der Waals surface area (Å²) in [5.74, 6) is -2.13. The van der Waals surface area contributed by atoms with E-state index in [1.165, 1.54) is 0 Å². The molecule has 0 aliphatic carbocycles. The first-order valence-corrected chi connectivity index (χ1v) is 6.43. The van der Waals surface area contributed by atoms with Crippen molar-refractivity contribution < 1.29 is 13.6 Å². The molecule has 0 radical (unpaired) electrons. The van der Waals surface area contributed by atoms with Gasteiger partial charge in [-0.1, -0.05) is 0 Å². The van der Waals surface area contributed by atoms with E-state index in [2.05, 4.69) is 5.32 Å². The van der Waals surface area contributed by atoms with Gasteiger partial charge < -0.3 is 10.2 Å². The minimum atomic E-state index is -2.57. The first-order chi connectivity index (χ1) is 8.07. The van der Waals surface area contributed by atoms with Crippen molar-refractivity contribution in [2.45, 2.75) is 38.0 Å². The van der Waals surface area contributed by atoms with Crippen molar-refractivity contribution in [1.29, 1.82) is 0 Å². The lowest BCUT2D eigenvalue weighted by molar-refractivity contribution is -0.138. The van der Waals surface area contributed by atoms with E-state index in [4.69, 9.17) is 0 Å². The van der Waals surface area contributed by atoms with Crippen molar-refractivity contribution in [1.82, 2.24) is 10.2 Å². The SMILES string of the molecule is O=C(CC1CCCNC1)N1CCC(F)(F)CC1. The summed E-state index contributed by atoms with van der Waals surface area (Å²) in [6.07, 6.45) is 2.33. The Balaban J connectivity index is 1.76. The summed E-state index contributed by atoms with van der Waals surface area (Å²) in [6, 6.07) is 0. The Bertz CT molecular complexity index is 268. The Morgan fingerprint density at radius 2 is 2.06 bits per heavy atom. The summed E-state index contributed by atoms with van der Waals surface area (Å²) in [5, 5.41) is 3.27. The highest BCUT2D eigenvalue weighted by atomic mass is 19.3. The van der Waals surface area contributed by atoms with Crippen LogP contribution in [-0.2, 0) is 4.79 Å². The number of alkyl halides is 2. The van der Waals surface area contributed by atoms with Crippen molar-refractivity contribution >= 4 is 5.91 Å². The van der Waals surface area contributed by atoms with Gasteiger partial charge in [-0.3, -0.25) is 4.79 Å². The smallest absolute Gasteiger partial charge is 0.251 e. The number of carbonyl (C=O) groups excluding carboxylic acids is 1. The number of likely N-dealkylation sites (tertiary alicyclic amines) is 1. The zero-order valence-corrected chi connectivity index (χ0v) is 10.1. The fourth-order valence-corrected chi connectivity index (χ4v) is 2.56. The zero-order chi connectivity index (χ0) is 12.3. The summed E-state index contributed by atoms with van der Waals surface area (Å²) in [5.41, 5.74) is 0. The predicted octanol–water partition coefficient (Wildman–Crippen LogP) is 1.63. The highest BCUT2D eigenvalue weighted by Crippen LogP contribution is 2.28. The summed E-state index contributed by atoms with van der Waals surface area (Å²) in [7, 11) is 0. The molecule has 0 aromatic heterocycles. The topological polar surface area (TPSA) is 32.3 Å². The van der Waals surface area contributed by atoms with Crippen LogP contribution in [0.15, 0.2) is 0 Å². The zero-order valence-electron chi connectivity index (χ0n) is 10.1. The van der Waals surface area contributed by atoms with E-state index < -0.39 is 5.92 Å². The van der Waals surface area contributed by atoms with Crippen LogP contribution in [0.5, 0.6) is 0 Å². The van der Waals surface area contributed by atoms with Gasteiger partial charge in [-0.25, -0.2) is 8.78 Å². The maximum Gasteiger partial charge on any atom is 0.251 e. The van der Waals surface area contributed by atoms with Gasteiger partial charge in [-0.2, -0.15) is 0 Å². The Morgan fingerprint density at radius 3 is 2.65 bits per heavy atom. The molecule has 0 saturated carbocycles. The lowest BCUT2D eigenvalue weighted by Crippen LogP contribution is -2.44. The van der Waals surface area contributed by atoms with Crippen LogP contribution in [0.4, 0.5) is 8.78 Å². The molecule has 1 atom stereocenters. The van der Waals surface area contributed by atoms with Crippen molar-refractivity contribution in [2.24, 2.45) is 5.92 Å². The van der Waals surface area contributed by atoms with Crippen LogP contribution < -0.4 is 5.32 Å². The molecular weight excluding hydrogens is 226 g/mol. The van der Waals surface area contributed by atoms with E-state index in [0.29, 0.717) is 12.3 Å². The second kappa shape index (κ2) is 5.29. The maximum absolute atomic E-state index is 13.0. The monoisotopic (exact) mass is 246 g/mol. The minimum absolute atomic E-state index is 0.0502. The van der Waals surface area contributed by atoms with Crippen molar-refractivity contribution in [3.63, 3.8) is 0 Å². The third-order valence-electron chi connectivity index (χ3n) is 3.71. The Labute approximate surface area is 101 Å².